The van der Waals surface area contributed by atoms with Gasteiger partial charge in [0.15, 0.2) is 0 Å². The molecule has 23 heteroatoms. The lowest BCUT2D eigenvalue weighted by Gasteiger charge is -2.22. The molecule has 0 aliphatic heterocycles. The van der Waals surface area contributed by atoms with Crippen molar-refractivity contribution in [2.75, 3.05) is 53.7 Å². The van der Waals surface area contributed by atoms with Crippen molar-refractivity contribution in [2.24, 2.45) is 0 Å². The van der Waals surface area contributed by atoms with E-state index >= 15 is 0 Å². The highest BCUT2D eigenvalue weighted by Crippen LogP contribution is 2.53. The molecule has 0 saturated carbocycles. The molecule has 2 aromatic rings. The molecule has 0 aliphatic rings. The molecule has 0 aromatic carbocycles. The fraction of sp³-hybridized carbons (Fsp3) is 0.478. The van der Waals surface area contributed by atoms with Gasteiger partial charge in [-0.3, -0.25) is 18.7 Å². The van der Waals surface area contributed by atoms with Gasteiger partial charge in [-0.05, 0) is 35.9 Å². The molecule has 2 unspecified atom stereocenters. The first-order valence-electron chi connectivity index (χ1n) is 11.5. The van der Waals surface area contributed by atoms with E-state index in [-0.39, 0.29) is 19.1 Å². The number of methoxy groups -OCH3 is 2. The Morgan fingerprint density at radius 2 is 1.17 bits per heavy atom. The second kappa shape index (κ2) is 19.9. The first kappa shape index (κ1) is 45.5. The smallest absolute Gasteiger partial charge is 0.384 e. The summed E-state index contributed by atoms with van der Waals surface area (Å²) in [5.74, 6) is -4.53. The highest BCUT2D eigenvalue weighted by molar-refractivity contribution is 7.56. The summed E-state index contributed by atoms with van der Waals surface area (Å²) in [6, 6.07) is 3.05. The van der Waals surface area contributed by atoms with E-state index in [2.05, 4.69) is 38.1 Å². The van der Waals surface area contributed by atoms with Gasteiger partial charge in [-0.2, -0.15) is 26.3 Å². The van der Waals surface area contributed by atoms with E-state index in [0.29, 0.717) is 6.07 Å². The fourth-order valence-electron chi connectivity index (χ4n) is 2.75. The number of nitrogens with two attached hydrogens (primary N) is 1. The summed E-state index contributed by atoms with van der Waals surface area (Å²) in [5, 5.41) is 1.16. The van der Waals surface area contributed by atoms with E-state index in [1.807, 2.05) is 0 Å². The lowest BCUT2D eigenvalue weighted by Crippen LogP contribution is -2.31. The van der Waals surface area contributed by atoms with Crippen molar-refractivity contribution in [2.45, 2.75) is 31.5 Å². The molecular weight excluding hydrogens is 704 g/mol. The molecule has 3 N–H and O–H groups in total. The van der Waals surface area contributed by atoms with Crippen molar-refractivity contribution in [3.05, 3.63) is 47.8 Å². The molecule has 1 amide bonds. The van der Waals surface area contributed by atoms with Crippen molar-refractivity contribution in [3.63, 3.8) is 0 Å². The third-order valence-corrected chi connectivity index (χ3v) is 9.33. The summed E-state index contributed by atoms with van der Waals surface area (Å²) in [4.78, 5) is 29.6. The van der Waals surface area contributed by atoms with Gasteiger partial charge in [-0.1, -0.05) is 7.43 Å². The van der Waals surface area contributed by atoms with Gasteiger partial charge in [0.05, 0.1) is 11.1 Å². The maximum Gasteiger partial charge on any atom is 0.416 e. The minimum atomic E-state index is -4.59. The van der Waals surface area contributed by atoms with Crippen LogP contribution in [-0.4, -0.2) is 75.5 Å². The first-order valence-corrected chi connectivity index (χ1v) is 15.1. The summed E-state index contributed by atoms with van der Waals surface area (Å²) in [5.41, 5.74) is 3.28. The fourth-order valence-corrected chi connectivity index (χ4v) is 5.37. The molecule has 0 bridgehead atoms. The normalized spacial score (nSPS) is 13.1. The SMILES string of the molecule is C.COC(C(=O)Cl)P(=O)(OC)OC.COC(C(=O)Nc1cc(C(F)(F)F)ccn1)P(=O)(OC)OC.Nc1cc(C(F)(F)F)ccn1. The van der Waals surface area contributed by atoms with Crippen LogP contribution >= 0.6 is 26.8 Å². The van der Waals surface area contributed by atoms with Crippen LogP contribution in [0, 0.1) is 0 Å². The molecule has 0 fully saturated rings. The van der Waals surface area contributed by atoms with Crippen LogP contribution in [0.5, 0.6) is 0 Å². The molecule has 2 aromatic heterocycles. The largest absolute Gasteiger partial charge is 0.416 e. The van der Waals surface area contributed by atoms with Crippen molar-refractivity contribution in [3.8, 4) is 0 Å². The summed E-state index contributed by atoms with van der Waals surface area (Å²) in [6.07, 6.45) is -7.01. The Kier molecular flexibility index (Phi) is 19.6. The third-order valence-electron chi connectivity index (χ3n) is 4.90. The lowest BCUT2D eigenvalue weighted by atomic mass is 10.2. The number of alkyl halides is 6. The number of anilines is 2. The van der Waals surface area contributed by atoms with Crippen LogP contribution in [0.25, 0.3) is 0 Å². The van der Waals surface area contributed by atoms with Crippen molar-refractivity contribution < 1.29 is 72.6 Å². The average Bonchev–Trinajstić information content (AvgIpc) is 2.97. The van der Waals surface area contributed by atoms with Crippen LogP contribution in [0.3, 0.4) is 0 Å². The summed E-state index contributed by atoms with van der Waals surface area (Å²) < 4.78 is 125. The van der Waals surface area contributed by atoms with Crippen LogP contribution in [0.1, 0.15) is 18.6 Å². The lowest BCUT2D eigenvalue weighted by molar-refractivity contribution is -0.138. The monoisotopic (exact) mass is 736 g/mol. The Morgan fingerprint density at radius 1 is 0.783 bits per heavy atom. The zero-order valence-corrected chi connectivity index (χ0v) is 26.8. The number of amides is 1. The number of hydrogen-bond acceptors (Lipinski definition) is 13. The Bertz CT molecular complexity index is 1340. The Morgan fingerprint density at radius 3 is 1.48 bits per heavy atom. The quantitative estimate of drug-likeness (QED) is 0.155. The molecule has 14 nitrogen and oxygen atoms in total. The maximum atomic E-state index is 12.6. The minimum absolute atomic E-state index is 0. The van der Waals surface area contributed by atoms with Crippen LogP contribution in [0.15, 0.2) is 36.7 Å². The zero-order chi connectivity index (χ0) is 35.2. The maximum absolute atomic E-state index is 12.6. The molecule has 0 radical (unpaired) electrons. The van der Waals surface area contributed by atoms with Gasteiger partial charge in [-0.15, -0.1) is 0 Å². The van der Waals surface area contributed by atoms with Gasteiger partial charge in [0.25, 0.3) is 11.1 Å². The van der Waals surface area contributed by atoms with E-state index in [1.54, 1.807) is 0 Å². The van der Waals surface area contributed by atoms with Crippen molar-refractivity contribution in [1.82, 2.24) is 9.97 Å². The Labute approximate surface area is 265 Å². The van der Waals surface area contributed by atoms with Crippen LogP contribution < -0.4 is 11.1 Å². The molecule has 0 aliphatic carbocycles. The predicted octanol–water partition coefficient (Wildman–Crippen LogP) is 6.03. The van der Waals surface area contributed by atoms with E-state index in [1.165, 1.54) is 7.11 Å². The first-order chi connectivity index (χ1) is 20.7. The third kappa shape index (κ3) is 14.0. The number of rotatable bonds is 11. The number of carbonyl (C=O) groups excluding carboxylic acids is 2. The summed E-state index contributed by atoms with van der Waals surface area (Å²) in [6.45, 7) is 0. The Hall–Kier alpha value is -2.67. The van der Waals surface area contributed by atoms with Crippen molar-refractivity contribution in [1.29, 1.82) is 0 Å². The topological polar surface area (TPSA) is 187 Å². The number of pyridine rings is 2. The highest BCUT2D eigenvalue weighted by Gasteiger charge is 2.41. The molecule has 2 rings (SSSR count). The molecular formula is C23H33ClF6N4O10P2. The minimum Gasteiger partial charge on any atom is -0.384 e. The highest BCUT2D eigenvalue weighted by atomic mass is 35.5. The predicted molar refractivity (Wildman–Crippen MR) is 154 cm³/mol. The molecule has 264 valence electrons. The summed E-state index contributed by atoms with van der Waals surface area (Å²) >= 11 is 5.09. The number of hydrogen-bond donors (Lipinski definition) is 2. The van der Waals surface area contributed by atoms with E-state index in [9.17, 15) is 45.1 Å². The molecule has 2 atom stereocenters. The zero-order valence-electron chi connectivity index (χ0n) is 24.2. The van der Waals surface area contributed by atoms with Gasteiger partial charge < -0.3 is 38.6 Å². The number of nitrogen functional groups attached to an aromatic ring is 1. The second-order valence-electron chi connectivity index (χ2n) is 7.67. The number of halogens is 7. The van der Waals surface area contributed by atoms with Crippen molar-refractivity contribution >= 4 is 49.6 Å². The van der Waals surface area contributed by atoms with E-state index in [0.717, 1.165) is 66.1 Å². The number of carbonyl (C=O) groups is 2. The van der Waals surface area contributed by atoms with Gasteiger partial charge in [0.2, 0.25) is 11.7 Å². The van der Waals surface area contributed by atoms with Gasteiger partial charge in [-0.25, -0.2) is 9.97 Å². The average molecular weight is 737 g/mol. The number of aromatic nitrogens is 2. The number of ether oxygens (including phenoxy) is 2. The number of nitrogens with zero attached hydrogens (tertiary/aromatic N) is 2. The van der Waals surface area contributed by atoms with E-state index in [4.69, 9.17) is 22.1 Å². The standard InChI is InChI=1S/C11H14F3N2O5P.C6H5F3N2.C5H10ClO5P.CH4/c1-19-10(22(18,20-2)21-3)9(17)16-8-6-7(4-5-15-8)11(12,13)14;7-6(8,9)4-1-2-11-5(10)3-4;1-9-5(4(6)7)12(8,10-2)11-3;/h4-6,10H,1-3H3,(H,15,16,17);1-3H,(H2,10,11);5H,1-3H3;1H4. The molecule has 0 saturated heterocycles. The second-order valence-corrected chi connectivity index (χ2v) is 12.6. The van der Waals surface area contributed by atoms with Gasteiger partial charge in [0.1, 0.15) is 11.6 Å². The van der Waals surface area contributed by atoms with Crippen LogP contribution in [0.2, 0.25) is 0 Å². The van der Waals surface area contributed by atoms with Crippen LogP contribution in [0.4, 0.5) is 38.0 Å². The van der Waals surface area contributed by atoms with Gasteiger partial charge in [0, 0.05) is 55.1 Å². The van der Waals surface area contributed by atoms with Gasteiger partial charge >= 0.3 is 27.5 Å². The molecule has 2 heterocycles. The van der Waals surface area contributed by atoms with Crippen LogP contribution in [-0.2, 0) is 58.6 Å². The Balaban J connectivity index is 0. The molecule has 46 heavy (non-hydrogen) atoms. The molecule has 0 spiro atoms. The summed E-state index contributed by atoms with van der Waals surface area (Å²) in [7, 11) is -0.803. The van der Waals surface area contributed by atoms with E-state index < -0.39 is 61.5 Å². The number of nitrogens with one attached hydrogen (secondary N) is 1.